The Labute approximate surface area is 193 Å². The Morgan fingerprint density at radius 3 is 2.45 bits per heavy atom. The molecule has 4 nitrogen and oxygen atoms in total. The molecule has 5 heteroatoms. The zero-order valence-electron chi connectivity index (χ0n) is 19.3. The van der Waals surface area contributed by atoms with E-state index in [9.17, 15) is 0 Å². The number of nitrogens with zero attached hydrogens (tertiary/aromatic N) is 3. The molecule has 0 unspecified atom stereocenters. The van der Waals surface area contributed by atoms with Gasteiger partial charge in [-0.3, -0.25) is 9.55 Å². The minimum absolute atomic E-state index is 0.863. The van der Waals surface area contributed by atoms with Gasteiger partial charge in [0.2, 0.25) is 0 Å². The smallest absolute Gasteiger partial charge is 0.149 e. The van der Waals surface area contributed by atoms with E-state index in [1.807, 2.05) is 25.3 Å². The van der Waals surface area contributed by atoms with Crippen molar-refractivity contribution >= 4 is 46.2 Å². The average Bonchev–Trinajstić information content (AvgIpc) is 3.38. The van der Waals surface area contributed by atoms with E-state index in [2.05, 4.69) is 89.9 Å². The summed E-state index contributed by atoms with van der Waals surface area (Å²) >= 11 is 0. The second-order valence-corrected chi connectivity index (χ2v) is 14.7. The molecule has 0 saturated carbocycles. The first kappa shape index (κ1) is 19.9. The summed E-state index contributed by atoms with van der Waals surface area (Å²) in [5.41, 5.74) is 6.75. The van der Waals surface area contributed by atoms with Crippen molar-refractivity contribution in [3.63, 3.8) is 0 Å². The van der Waals surface area contributed by atoms with Gasteiger partial charge in [-0.2, -0.15) is 0 Å². The SMILES string of the molecule is Cc1nccc2nc(-c3cccc4c3oc3cc([Si](C)(C)C)ccc34)n(-c3ccccc3)c12. The van der Waals surface area contributed by atoms with Crippen LogP contribution in [0, 0.1) is 6.92 Å². The van der Waals surface area contributed by atoms with E-state index in [-0.39, 0.29) is 0 Å². The van der Waals surface area contributed by atoms with Crippen molar-refractivity contribution in [1.29, 1.82) is 0 Å². The predicted molar refractivity (Wildman–Crippen MR) is 139 cm³/mol. The molecule has 0 aliphatic heterocycles. The van der Waals surface area contributed by atoms with Crippen molar-refractivity contribution in [3.8, 4) is 17.1 Å². The number of furan rings is 1. The molecular formula is C28H25N3OSi. The third-order valence-electron chi connectivity index (χ3n) is 6.37. The van der Waals surface area contributed by atoms with Crippen LogP contribution in [-0.4, -0.2) is 22.6 Å². The maximum absolute atomic E-state index is 6.54. The zero-order chi connectivity index (χ0) is 22.7. The monoisotopic (exact) mass is 447 g/mol. The summed E-state index contributed by atoms with van der Waals surface area (Å²) in [4.78, 5) is 9.62. The maximum atomic E-state index is 6.54. The van der Waals surface area contributed by atoms with Crippen molar-refractivity contribution in [2.45, 2.75) is 26.6 Å². The second kappa shape index (κ2) is 7.15. The molecule has 0 spiro atoms. The first-order chi connectivity index (χ1) is 15.9. The molecule has 0 saturated heterocycles. The van der Waals surface area contributed by atoms with Crippen LogP contribution in [0.3, 0.4) is 0 Å². The van der Waals surface area contributed by atoms with Crippen LogP contribution in [0.25, 0.3) is 50.0 Å². The van der Waals surface area contributed by atoms with Gasteiger partial charge in [0.1, 0.15) is 17.0 Å². The van der Waals surface area contributed by atoms with Gasteiger partial charge in [-0.25, -0.2) is 4.98 Å². The van der Waals surface area contributed by atoms with Crippen LogP contribution in [-0.2, 0) is 0 Å². The lowest BCUT2D eigenvalue weighted by atomic mass is 10.1. The fraction of sp³-hybridized carbons (Fsp3) is 0.143. The second-order valence-electron chi connectivity index (χ2n) is 9.62. The molecule has 0 bridgehead atoms. The van der Waals surface area contributed by atoms with Crippen molar-refractivity contribution in [2.24, 2.45) is 0 Å². The quantitative estimate of drug-likeness (QED) is 0.279. The molecule has 162 valence electrons. The molecule has 3 aromatic heterocycles. The van der Waals surface area contributed by atoms with E-state index in [0.29, 0.717) is 0 Å². The molecule has 0 N–H and O–H groups in total. The highest BCUT2D eigenvalue weighted by molar-refractivity contribution is 6.88. The predicted octanol–water partition coefficient (Wildman–Crippen LogP) is 6.84. The van der Waals surface area contributed by atoms with Gasteiger partial charge in [-0.05, 0) is 37.3 Å². The van der Waals surface area contributed by atoms with Crippen LogP contribution in [0.1, 0.15) is 5.69 Å². The first-order valence-corrected chi connectivity index (χ1v) is 14.8. The molecule has 6 aromatic rings. The van der Waals surface area contributed by atoms with Gasteiger partial charge in [-0.1, -0.05) is 67.3 Å². The summed E-state index contributed by atoms with van der Waals surface area (Å²) < 4.78 is 8.75. The van der Waals surface area contributed by atoms with Crippen LogP contribution in [0.5, 0.6) is 0 Å². The maximum Gasteiger partial charge on any atom is 0.149 e. The van der Waals surface area contributed by atoms with E-state index in [1.54, 1.807) is 0 Å². The molecule has 0 atom stereocenters. The van der Waals surface area contributed by atoms with E-state index in [4.69, 9.17) is 9.40 Å². The fourth-order valence-corrected chi connectivity index (χ4v) is 5.78. The lowest BCUT2D eigenvalue weighted by molar-refractivity contribution is 0.669. The van der Waals surface area contributed by atoms with Crippen molar-refractivity contribution in [3.05, 3.63) is 84.7 Å². The summed E-state index contributed by atoms with van der Waals surface area (Å²) in [6.07, 6.45) is 1.82. The molecule has 3 heterocycles. The molecule has 0 aliphatic carbocycles. The van der Waals surface area contributed by atoms with Crippen LogP contribution in [0.15, 0.2) is 83.4 Å². The standard InChI is InChI=1S/C28H25N3OSi/c1-18-26-24(15-16-29-18)30-28(31(26)19-9-6-5-7-10-19)23-12-8-11-22-21-14-13-20(33(2,3)4)17-25(21)32-27(22)23/h5-17H,1-4H3. The minimum Gasteiger partial charge on any atom is -0.455 e. The number of aryl methyl sites for hydroxylation is 1. The minimum atomic E-state index is -1.44. The molecule has 3 aromatic carbocycles. The Hall–Kier alpha value is -3.70. The Morgan fingerprint density at radius 2 is 1.67 bits per heavy atom. The number of aromatic nitrogens is 3. The summed E-state index contributed by atoms with van der Waals surface area (Å²) in [5.74, 6) is 0.863. The Balaban J connectivity index is 1.69. The van der Waals surface area contributed by atoms with Gasteiger partial charge >= 0.3 is 0 Å². The molecule has 0 amide bonds. The molecule has 0 radical (unpaired) electrons. The summed E-state index contributed by atoms with van der Waals surface area (Å²) in [6, 6.07) is 25.4. The zero-order valence-corrected chi connectivity index (χ0v) is 20.3. The average molecular weight is 448 g/mol. The number of rotatable bonds is 3. The first-order valence-electron chi connectivity index (χ1n) is 11.3. The van der Waals surface area contributed by atoms with Gasteiger partial charge in [-0.15, -0.1) is 0 Å². The van der Waals surface area contributed by atoms with E-state index in [0.717, 1.165) is 55.7 Å². The van der Waals surface area contributed by atoms with E-state index in [1.165, 1.54) is 5.19 Å². The van der Waals surface area contributed by atoms with E-state index >= 15 is 0 Å². The van der Waals surface area contributed by atoms with E-state index < -0.39 is 8.07 Å². The third-order valence-corrected chi connectivity index (χ3v) is 8.41. The normalized spacial score (nSPS) is 12.2. The summed E-state index contributed by atoms with van der Waals surface area (Å²) in [5, 5.41) is 3.66. The number of imidazole rings is 1. The molecular weight excluding hydrogens is 422 g/mol. The number of hydrogen-bond donors (Lipinski definition) is 0. The Kier molecular flexibility index (Phi) is 4.32. The van der Waals surface area contributed by atoms with Crippen molar-refractivity contribution < 1.29 is 4.42 Å². The van der Waals surface area contributed by atoms with Crippen LogP contribution in [0.4, 0.5) is 0 Å². The van der Waals surface area contributed by atoms with Gasteiger partial charge in [0.05, 0.1) is 30.4 Å². The largest absolute Gasteiger partial charge is 0.455 e. The highest BCUT2D eigenvalue weighted by Gasteiger charge is 2.22. The molecule has 0 fully saturated rings. The molecule has 6 rings (SSSR count). The molecule has 0 aliphatic rings. The van der Waals surface area contributed by atoms with Gasteiger partial charge in [0, 0.05) is 22.7 Å². The number of para-hydroxylation sites is 2. The third kappa shape index (κ3) is 3.11. The number of hydrogen-bond acceptors (Lipinski definition) is 3. The number of benzene rings is 3. The highest BCUT2D eigenvalue weighted by atomic mass is 28.3. The van der Waals surface area contributed by atoms with Crippen LogP contribution >= 0.6 is 0 Å². The van der Waals surface area contributed by atoms with Gasteiger partial charge in [0.15, 0.2) is 0 Å². The van der Waals surface area contributed by atoms with Gasteiger partial charge < -0.3 is 4.42 Å². The van der Waals surface area contributed by atoms with Crippen LogP contribution < -0.4 is 5.19 Å². The summed E-state index contributed by atoms with van der Waals surface area (Å²) in [7, 11) is -1.44. The lowest BCUT2D eigenvalue weighted by Gasteiger charge is -2.15. The highest BCUT2D eigenvalue weighted by Crippen LogP contribution is 2.37. The molecule has 33 heavy (non-hydrogen) atoms. The number of fused-ring (bicyclic) bond motifs is 4. The topological polar surface area (TPSA) is 43.9 Å². The van der Waals surface area contributed by atoms with Crippen molar-refractivity contribution in [2.75, 3.05) is 0 Å². The Morgan fingerprint density at radius 1 is 0.848 bits per heavy atom. The lowest BCUT2D eigenvalue weighted by Crippen LogP contribution is -2.37. The Bertz CT molecular complexity index is 1660. The van der Waals surface area contributed by atoms with Crippen molar-refractivity contribution in [1.82, 2.24) is 14.5 Å². The van der Waals surface area contributed by atoms with Gasteiger partial charge in [0.25, 0.3) is 0 Å². The summed E-state index contributed by atoms with van der Waals surface area (Å²) in [6.45, 7) is 9.12. The number of pyridine rings is 1. The fourth-order valence-electron chi connectivity index (χ4n) is 4.63. The van der Waals surface area contributed by atoms with Crippen LogP contribution in [0.2, 0.25) is 19.6 Å².